The van der Waals surface area contributed by atoms with Crippen molar-refractivity contribution in [1.29, 1.82) is 0 Å². The van der Waals surface area contributed by atoms with Crippen molar-refractivity contribution in [2.75, 3.05) is 13.2 Å². The zero-order chi connectivity index (χ0) is 55.0. The average Bonchev–Trinajstić information content (AvgIpc) is 3.42. The van der Waals surface area contributed by atoms with Crippen molar-refractivity contribution in [3.8, 4) is 0 Å². The van der Waals surface area contributed by atoms with Crippen LogP contribution >= 0.6 is 0 Å². The van der Waals surface area contributed by atoms with Gasteiger partial charge in [-0.2, -0.15) is 0 Å². The Morgan fingerprint density at radius 2 is 0.513 bits per heavy atom. The lowest BCUT2D eigenvalue weighted by Gasteiger charge is -2.18. The number of hydrogen-bond donors (Lipinski definition) is 0. The molecule has 0 saturated carbocycles. The van der Waals surface area contributed by atoms with E-state index in [9.17, 15) is 14.4 Å². The van der Waals surface area contributed by atoms with Gasteiger partial charge in [-0.05, 0) is 64.2 Å². The summed E-state index contributed by atoms with van der Waals surface area (Å²) in [6.07, 6.45) is 82.3. The Hall–Kier alpha value is -2.89. The summed E-state index contributed by atoms with van der Waals surface area (Å²) in [7, 11) is 0. The highest BCUT2D eigenvalue weighted by Gasteiger charge is 2.19. The van der Waals surface area contributed by atoms with Crippen molar-refractivity contribution in [2.45, 2.75) is 354 Å². The molecule has 0 fully saturated rings. The molecule has 1 atom stereocenters. The van der Waals surface area contributed by atoms with Crippen molar-refractivity contribution in [3.63, 3.8) is 0 Å². The van der Waals surface area contributed by atoms with E-state index in [4.69, 9.17) is 14.2 Å². The van der Waals surface area contributed by atoms with Crippen LogP contribution in [0.1, 0.15) is 348 Å². The highest BCUT2D eigenvalue weighted by molar-refractivity contribution is 5.71. The highest BCUT2D eigenvalue weighted by atomic mass is 16.6. The Balaban J connectivity index is 4.32. The maximum Gasteiger partial charge on any atom is 0.306 e. The quantitative estimate of drug-likeness (QED) is 0.0261. The van der Waals surface area contributed by atoms with Crippen LogP contribution in [0.25, 0.3) is 0 Å². The summed E-state index contributed by atoms with van der Waals surface area (Å²) in [6.45, 7) is 6.58. The van der Waals surface area contributed by atoms with Crippen LogP contribution in [-0.4, -0.2) is 37.2 Å². The molecule has 0 aromatic heterocycles. The summed E-state index contributed by atoms with van der Waals surface area (Å²) in [6, 6.07) is 0. The van der Waals surface area contributed by atoms with Crippen LogP contribution < -0.4 is 0 Å². The smallest absolute Gasteiger partial charge is 0.306 e. The molecule has 0 aliphatic heterocycles. The summed E-state index contributed by atoms with van der Waals surface area (Å²) in [5.41, 5.74) is 0. The van der Waals surface area contributed by atoms with Gasteiger partial charge >= 0.3 is 17.9 Å². The molecule has 0 aliphatic rings. The fourth-order valence-corrected chi connectivity index (χ4v) is 9.83. The van der Waals surface area contributed by atoms with E-state index in [1.807, 2.05) is 0 Å². The van der Waals surface area contributed by atoms with Gasteiger partial charge in [0, 0.05) is 19.3 Å². The number of ether oxygens (including phenoxy) is 3. The molecule has 0 heterocycles. The van der Waals surface area contributed by atoms with E-state index in [1.54, 1.807) is 0 Å². The first-order chi connectivity index (χ1) is 37.5. The van der Waals surface area contributed by atoms with Crippen LogP contribution in [0.5, 0.6) is 0 Å². The number of unbranched alkanes of at least 4 members (excludes halogenated alkanes) is 40. The number of esters is 3. The van der Waals surface area contributed by atoms with Crippen molar-refractivity contribution < 1.29 is 28.6 Å². The van der Waals surface area contributed by atoms with Crippen LogP contribution in [0.3, 0.4) is 0 Å². The van der Waals surface area contributed by atoms with Gasteiger partial charge in [0.05, 0.1) is 0 Å². The van der Waals surface area contributed by atoms with E-state index in [0.717, 1.165) is 96.3 Å². The van der Waals surface area contributed by atoms with Gasteiger partial charge in [-0.3, -0.25) is 14.4 Å². The molecule has 0 radical (unpaired) electrons. The number of rotatable bonds is 61. The Kier molecular flexibility index (Phi) is 62.2. The average molecular weight is 1060 g/mol. The van der Waals surface area contributed by atoms with Gasteiger partial charge < -0.3 is 14.2 Å². The minimum atomic E-state index is -0.777. The third-order valence-corrected chi connectivity index (χ3v) is 14.8. The Morgan fingerprint density at radius 1 is 0.276 bits per heavy atom. The zero-order valence-corrected chi connectivity index (χ0v) is 50.8. The Morgan fingerprint density at radius 3 is 0.803 bits per heavy atom. The SMILES string of the molecule is CC/C=C\C/C=C\C/C=C\C/C=C\C/C=C\CCCCCCCCCC(=O)OCC(COC(=O)CCCCCCCCCCCCCCCC)OC(=O)CCCCCCCCCCCCCCCCCCCCCCC. The molecule has 442 valence electrons. The topological polar surface area (TPSA) is 78.9 Å². The summed E-state index contributed by atoms with van der Waals surface area (Å²) in [5.74, 6) is -0.860. The van der Waals surface area contributed by atoms with E-state index >= 15 is 0 Å². The molecule has 76 heavy (non-hydrogen) atoms. The van der Waals surface area contributed by atoms with Gasteiger partial charge in [0.2, 0.25) is 0 Å². The third-order valence-electron chi connectivity index (χ3n) is 14.8. The maximum atomic E-state index is 12.9. The molecule has 0 N–H and O–H groups in total. The van der Waals surface area contributed by atoms with Crippen molar-refractivity contribution in [3.05, 3.63) is 60.8 Å². The fourth-order valence-electron chi connectivity index (χ4n) is 9.83. The number of allylic oxidation sites excluding steroid dienone is 10. The van der Waals surface area contributed by atoms with Crippen LogP contribution in [0.4, 0.5) is 0 Å². The van der Waals surface area contributed by atoms with Gasteiger partial charge in [-0.15, -0.1) is 0 Å². The first-order valence-corrected chi connectivity index (χ1v) is 33.3. The van der Waals surface area contributed by atoms with E-state index in [1.165, 1.54) is 212 Å². The Labute approximate surface area is 472 Å². The number of carbonyl (C=O) groups is 3. The van der Waals surface area contributed by atoms with Crippen LogP contribution in [0.15, 0.2) is 60.8 Å². The molecule has 0 aromatic rings. The number of hydrogen-bond acceptors (Lipinski definition) is 6. The van der Waals surface area contributed by atoms with E-state index < -0.39 is 6.10 Å². The first kappa shape index (κ1) is 73.1. The van der Waals surface area contributed by atoms with E-state index in [-0.39, 0.29) is 31.1 Å². The molecule has 6 heteroatoms. The molecule has 0 spiro atoms. The molecule has 0 bridgehead atoms. The largest absolute Gasteiger partial charge is 0.462 e. The molecule has 0 rings (SSSR count). The van der Waals surface area contributed by atoms with Gasteiger partial charge in [0.1, 0.15) is 13.2 Å². The summed E-state index contributed by atoms with van der Waals surface area (Å²) < 4.78 is 17.0. The normalized spacial score (nSPS) is 12.4. The van der Waals surface area contributed by atoms with Crippen LogP contribution in [0.2, 0.25) is 0 Å². The second-order valence-electron chi connectivity index (χ2n) is 22.4. The minimum Gasteiger partial charge on any atom is -0.462 e. The first-order valence-electron chi connectivity index (χ1n) is 33.3. The van der Waals surface area contributed by atoms with Crippen molar-refractivity contribution in [1.82, 2.24) is 0 Å². The van der Waals surface area contributed by atoms with Crippen LogP contribution in [0, 0.1) is 0 Å². The van der Waals surface area contributed by atoms with E-state index in [2.05, 4.69) is 81.5 Å². The monoisotopic (exact) mass is 1060 g/mol. The van der Waals surface area contributed by atoms with E-state index in [0.29, 0.717) is 19.3 Å². The predicted octanol–water partition coefficient (Wildman–Crippen LogP) is 22.7. The maximum absolute atomic E-state index is 12.9. The Bertz CT molecular complexity index is 1360. The van der Waals surface area contributed by atoms with Gasteiger partial charge in [0.25, 0.3) is 0 Å². The molecule has 0 aromatic carbocycles. The fraction of sp³-hybridized carbons (Fsp3) is 0.814. The lowest BCUT2D eigenvalue weighted by Crippen LogP contribution is -2.30. The summed E-state index contributed by atoms with van der Waals surface area (Å²) in [5, 5.41) is 0. The summed E-state index contributed by atoms with van der Waals surface area (Å²) in [4.78, 5) is 38.4. The van der Waals surface area contributed by atoms with Crippen molar-refractivity contribution >= 4 is 17.9 Å². The third kappa shape index (κ3) is 62.0. The number of carbonyl (C=O) groups excluding carboxylic acids is 3. The standard InChI is InChI=1S/C70H126O6/c1-4-7-10-13-16-19-22-25-28-30-32-34-35-37-38-40-42-45-48-51-54-57-60-63-69(72)75-66-67(65-74-68(71)62-59-56-53-50-47-44-27-24-21-18-15-12-9-6-3)76-70(73)64-61-58-55-52-49-46-43-41-39-36-33-31-29-26-23-20-17-14-11-8-5-2/h7,10,16,19,25,28,32,34,37-38,67H,4-6,8-9,11-15,17-18,20-24,26-27,29-31,33,35-36,39-66H2,1-3H3/b10-7-,19-16-,28-25-,34-32-,38-37-. The molecule has 0 saturated heterocycles. The molecular weight excluding hydrogens is 937 g/mol. The zero-order valence-electron chi connectivity index (χ0n) is 50.8. The highest BCUT2D eigenvalue weighted by Crippen LogP contribution is 2.18. The molecule has 1 unspecified atom stereocenters. The lowest BCUT2D eigenvalue weighted by atomic mass is 10.0. The van der Waals surface area contributed by atoms with Gasteiger partial charge in [0.15, 0.2) is 6.10 Å². The summed E-state index contributed by atoms with van der Waals surface area (Å²) >= 11 is 0. The minimum absolute atomic E-state index is 0.0726. The van der Waals surface area contributed by atoms with Gasteiger partial charge in [-0.1, -0.05) is 326 Å². The second-order valence-corrected chi connectivity index (χ2v) is 22.4. The molecule has 0 amide bonds. The molecule has 0 aliphatic carbocycles. The lowest BCUT2D eigenvalue weighted by molar-refractivity contribution is -0.167. The van der Waals surface area contributed by atoms with Gasteiger partial charge in [-0.25, -0.2) is 0 Å². The second kappa shape index (κ2) is 64.6. The predicted molar refractivity (Wildman–Crippen MR) is 330 cm³/mol. The van der Waals surface area contributed by atoms with Crippen LogP contribution in [-0.2, 0) is 28.6 Å². The van der Waals surface area contributed by atoms with Crippen molar-refractivity contribution in [2.24, 2.45) is 0 Å². The molecule has 6 nitrogen and oxygen atoms in total. The molecular formula is C70H126O6.